The highest BCUT2D eigenvalue weighted by molar-refractivity contribution is 5.95. The third-order valence-corrected chi connectivity index (χ3v) is 3.87. The van der Waals surface area contributed by atoms with Crippen LogP contribution in [0.15, 0.2) is 30.5 Å². The zero-order valence-corrected chi connectivity index (χ0v) is 13.5. The molecule has 8 heteroatoms. The van der Waals surface area contributed by atoms with E-state index in [1.165, 1.54) is 6.92 Å². The lowest BCUT2D eigenvalue weighted by Gasteiger charge is -2.14. The smallest absolute Gasteiger partial charge is 0.369 e. The largest absolute Gasteiger partial charge is 0.421 e. The summed E-state index contributed by atoms with van der Waals surface area (Å²) >= 11 is 0. The van der Waals surface area contributed by atoms with Gasteiger partial charge in [-0.2, -0.15) is 18.2 Å². The number of anilines is 3. The van der Waals surface area contributed by atoms with Crippen molar-refractivity contribution in [2.45, 2.75) is 25.9 Å². The van der Waals surface area contributed by atoms with E-state index in [9.17, 15) is 18.0 Å². The second-order valence-corrected chi connectivity index (χ2v) is 6.04. The van der Waals surface area contributed by atoms with Crippen LogP contribution in [-0.2, 0) is 6.18 Å². The Labute approximate surface area is 142 Å². The van der Waals surface area contributed by atoms with E-state index in [4.69, 9.17) is 0 Å². The Morgan fingerprint density at radius 1 is 1.32 bits per heavy atom. The first-order chi connectivity index (χ1) is 11.8. The number of nitrogens with one attached hydrogen (secondary N) is 2. The van der Waals surface area contributed by atoms with E-state index >= 15 is 0 Å². The van der Waals surface area contributed by atoms with Crippen LogP contribution in [0.3, 0.4) is 0 Å². The van der Waals surface area contributed by atoms with E-state index in [1.54, 1.807) is 24.3 Å². The fourth-order valence-electron chi connectivity index (χ4n) is 2.29. The molecule has 3 rings (SSSR count). The van der Waals surface area contributed by atoms with Gasteiger partial charge >= 0.3 is 6.18 Å². The Morgan fingerprint density at radius 2 is 2.08 bits per heavy atom. The van der Waals surface area contributed by atoms with Crippen LogP contribution < -0.4 is 10.6 Å². The number of halogens is 3. The third kappa shape index (κ3) is 4.46. The summed E-state index contributed by atoms with van der Waals surface area (Å²) in [7, 11) is 0. The first-order valence-electron chi connectivity index (χ1n) is 7.89. The molecule has 2 N–H and O–H groups in total. The highest BCUT2D eigenvalue weighted by Gasteiger charge is 2.35. The number of benzene rings is 1. The second-order valence-electron chi connectivity index (χ2n) is 6.04. The average Bonchev–Trinajstić information content (AvgIpc) is 3.36. The maximum absolute atomic E-state index is 13.1. The van der Waals surface area contributed by atoms with E-state index in [2.05, 4.69) is 20.6 Å². The van der Waals surface area contributed by atoms with Gasteiger partial charge < -0.3 is 10.6 Å². The number of hydrogen-bond donors (Lipinski definition) is 2. The van der Waals surface area contributed by atoms with Crippen LogP contribution in [0.25, 0.3) is 0 Å². The maximum atomic E-state index is 13.1. The fourth-order valence-corrected chi connectivity index (χ4v) is 2.29. The Kier molecular flexibility index (Phi) is 4.61. The summed E-state index contributed by atoms with van der Waals surface area (Å²) in [5.74, 6) is 0.0927. The van der Waals surface area contributed by atoms with Crippen molar-refractivity contribution in [2.75, 3.05) is 17.2 Å². The summed E-state index contributed by atoms with van der Waals surface area (Å²) in [5.41, 5.74) is 0.126. The molecule has 1 aromatic carbocycles. The summed E-state index contributed by atoms with van der Waals surface area (Å²) in [5, 5.41) is 5.61. The van der Waals surface area contributed by atoms with Crippen LogP contribution >= 0.6 is 0 Å². The summed E-state index contributed by atoms with van der Waals surface area (Å²) in [6.45, 7) is 1.90. The van der Waals surface area contributed by atoms with Crippen LogP contribution in [0.4, 0.5) is 30.6 Å². The Hall–Kier alpha value is -2.64. The molecule has 1 aromatic heterocycles. The van der Waals surface area contributed by atoms with Crippen molar-refractivity contribution in [3.05, 3.63) is 41.6 Å². The number of carbonyl (C=O) groups is 1. The number of Topliss-reactive ketones (excluding diaryl/α,β-unsaturated/α-hetero) is 1. The number of ketones is 1. The SMILES string of the molecule is CC(=O)c1cccc(Nc2ncc(C(F)(F)F)c(NCC3CC3)n2)c1. The van der Waals surface area contributed by atoms with Crippen molar-refractivity contribution in [1.82, 2.24) is 9.97 Å². The molecule has 1 aliphatic rings. The zero-order valence-electron chi connectivity index (χ0n) is 13.5. The lowest BCUT2D eigenvalue weighted by Crippen LogP contribution is -2.15. The van der Waals surface area contributed by atoms with Crippen molar-refractivity contribution < 1.29 is 18.0 Å². The molecule has 0 atom stereocenters. The molecule has 25 heavy (non-hydrogen) atoms. The summed E-state index contributed by atoms with van der Waals surface area (Å²) in [4.78, 5) is 19.1. The minimum atomic E-state index is -4.53. The number of hydrogen-bond acceptors (Lipinski definition) is 5. The minimum Gasteiger partial charge on any atom is -0.369 e. The summed E-state index contributed by atoms with van der Waals surface area (Å²) in [6, 6.07) is 6.62. The normalized spacial score (nSPS) is 14.2. The fraction of sp³-hybridized carbons (Fsp3) is 0.353. The highest BCUT2D eigenvalue weighted by Crippen LogP contribution is 2.35. The van der Waals surface area contributed by atoms with Crippen molar-refractivity contribution in [3.63, 3.8) is 0 Å². The molecule has 0 unspecified atom stereocenters. The predicted molar refractivity (Wildman–Crippen MR) is 88.0 cm³/mol. The highest BCUT2D eigenvalue weighted by atomic mass is 19.4. The van der Waals surface area contributed by atoms with Crippen LogP contribution in [0.1, 0.15) is 35.7 Å². The second kappa shape index (κ2) is 6.70. The summed E-state index contributed by atoms with van der Waals surface area (Å²) < 4.78 is 39.3. The molecule has 1 fully saturated rings. The molecule has 1 saturated carbocycles. The van der Waals surface area contributed by atoms with Gasteiger partial charge in [0.2, 0.25) is 5.95 Å². The van der Waals surface area contributed by atoms with E-state index < -0.39 is 11.7 Å². The van der Waals surface area contributed by atoms with Gasteiger partial charge in [-0.15, -0.1) is 0 Å². The van der Waals surface area contributed by atoms with Gasteiger partial charge in [-0.1, -0.05) is 12.1 Å². The van der Waals surface area contributed by atoms with Crippen LogP contribution in [0, 0.1) is 5.92 Å². The van der Waals surface area contributed by atoms with E-state index in [-0.39, 0.29) is 17.5 Å². The molecule has 0 spiro atoms. The van der Waals surface area contributed by atoms with Gasteiger partial charge in [-0.3, -0.25) is 4.79 Å². The Balaban J connectivity index is 1.84. The molecule has 132 valence electrons. The van der Waals surface area contributed by atoms with Crippen molar-refractivity contribution in [3.8, 4) is 0 Å². The molecule has 0 amide bonds. The lowest BCUT2D eigenvalue weighted by atomic mass is 10.1. The number of aromatic nitrogens is 2. The molecule has 0 radical (unpaired) electrons. The first-order valence-corrected chi connectivity index (χ1v) is 7.89. The molecule has 1 aliphatic carbocycles. The van der Waals surface area contributed by atoms with E-state index in [1.807, 2.05) is 0 Å². The average molecular weight is 350 g/mol. The number of carbonyl (C=O) groups excluding carboxylic acids is 1. The number of alkyl halides is 3. The molecular formula is C17H17F3N4O. The minimum absolute atomic E-state index is 0.0343. The third-order valence-electron chi connectivity index (χ3n) is 3.87. The molecular weight excluding hydrogens is 333 g/mol. The van der Waals surface area contributed by atoms with E-state index in [0.717, 1.165) is 19.0 Å². The predicted octanol–water partition coefficient (Wildman–Crippen LogP) is 4.26. The quantitative estimate of drug-likeness (QED) is 0.762. The Morgan fingerprint density at radius 3 is 2.72 bits per heavy atom. The molecule has 1 heterocycles. The molecule has 0 bridgehead atoms. The van der Waals surface area contributed by atoms with Gasteiger partial charge in [0, 0.05) is 24.0 Å². The summed E-state index contributed by atoms with van der Waals surface area (Å²) in [6.07, 6.45) is -1.73. The van der Waals surface area contributed by atoms with Crippen LogP contribution in [0.2, 0.25) is 0 Å². The van der Waals surface area contributed by atoms with Crippen LogP contribution in [-0.4, -0.2) is 22.3 Å². The van der Waals surface area contributed by atoms with Crippen molar-refractivity contribution >= 4 is 23.2 Å². The molecule has 5 nitrogen and oxygen atoms in total. The van der Waals surface area contributed by atoms with Gasteiger partial charge in [0.25, 0.3) is 0 Å². The molecule has 0 saturated heterocycles. The monoisotopic (exact) mass is 350 g/mol. The molecule has 0 aliphatic heterocycles. The number of nitrogens with zero attached hydrogens (tertiary/aromatic N) is 2. The topological polar surface area (TPSA) is 66.9 Å². The lowest BCUT2D eigenvalue weighted by molar-refractivity contribution is -0.137. The van der Waals surface area contributed by atoms with Crippen molar-refractivity contribution in [1.29, 1.82) is 0 Å². The van der Waals surface area contributed by atoms with E-state index in [0.29, 0.717) is 23.7 Å². The number of rotatable bonds is 6. The van der Waals surface area contributed by atoms with Gasteiger partial charge in [-0.25, -0.2) is 4.98 Å². The maximum Gasteiger partial charge on any atom is 0.421 e. The Bertz CT molecular complexity index is 788. The van der Waals surface area contributed by atoms with Crippen LogP contribution in [0.5, 0.6) is 0 Å². The molecule has 2 aromatic rings. The van der Waals surface area contributed by atoms with Gasteiger partial charge in [0.1, 0.15) is 11.4 Å². The first kappa shape index (κ1) is 17.2. The standard InChI is InChI=1S/C17H17F3N4O/c1-10(25)12-3-2-4-13(7-12)23-16-22-9-14(17(18,19)20)15(24-16)21-8-11-5-6-11/h2-4,7,9,11H,5-6,8H2,1H3,(H2,21,22,23,24). The van der Waals surface area contributed by atoms with Gasteiger partial charge in [0.15, 0.2) is 5.78 Å². The zero-order chi connectivity index (χ0) is 18.0. The van der Waals surface area contributed by atoms with Crippen molar-refractivity contribution in [2.24, 2.45) is 5.92 Å². The van der Waals surface area contributed by atoms with Gasteiger partial charge in [0.05, 0.1) is 0 Å². The van der Waals surface area contributed by atoms with Gasteiger partial charge in [-0.05, 0) is 37.8 Å².